The van der Waals surface area contributed by atoms with Gasteiger partial charge in [0.25, 0.3) is 11.8 Å². The van der Waals surface area contributed by atoms with E-state index >= 15 is 0 Å². The fourth-order valence-electron chi connectivity index (χ4n) is 4.49. The Kier molecular flexibility index (Phi) is 7.55. The van der Waals surface area contributed by atoms with Gasteiger partial charge in [-0.3, -0.25) is 14.6 Å². The SMILES string of the molecule is O=C(NC[C@@H]1CO[C@@H]2CN(C(=O)c3ccc4c(c3)COC4)C[C@H]12)c1ccncc1.O=C(O)C(F)(F)F. The maximum atomic E-state index is 13.0. The Balaban J connectivity index is 0.000000384. The Morgan fingerprint density at radius 3 is 2.44 bits per heavy atom. The molecule has 3 aliphatic heterocycles. The van der Waals surface area contributed by atoms with Crippen LogP contribution in [0.5, 0.6) is 0 Å². The molecule has 1 aromatic heterocycles. The van der Waals surface area contributed by atoms with Crippen molar-refractivity contribution in [3.63, 3.8) is 0 Å². The third-order valence-electron chi connectivity index (χ3n) is 6.40. The molecule has 0 saturated carbocycles. The number of nitrogens with one attached hydrogen (secondary N) is 1. The zero-order valence-corrected chi connectivity index (χ0v) is 19.0. The van der Waals surface area contributed by atoms with Crippen molar-refractivity contribution in [1.29, 1.82) is 0 Å². The van der Waals surface area contributed by atoms with Gasteiger partial charge in [0, 0.05) is 55.0 Å². The first-order chi connectivity index (χ1) is 17.1. The molecule has 2 amide bonds. The van der Waals surface area contributed by atoms with Gasteiger partial charge in [-0.2, -0.15) is 13.2 Å². The maximum absolute atomic E-state index is 13.0. The van der Waals surface area contributed by atoms with Crippen LogP contribution in [0.1, 0.15) is 31.8 Å². The monoisotopic (exact) mass is 507 g/mol. The molecular formula is C24H24F3N3O6. The van der Waals surface area contributed by atoms with Crippen molar-refractivity contribution < 1.29 is 42.1 Å². The number of alkyl halides is 3. The first-order valence-corrected chi connectivity index (χ1v) is 11.2. The number of benzene rings is 1. The van der Waals surface area contributed by atoms with Crippen LogP contribution in [0.4, 0.5) is 13.2 Å². The summed E-state index contributed by atoms with van der Waals surface area (Å²) in [7, 11) is 0. The zero-order valence-electron chi connectivity index (χ0n) is 19.0. The van der Waals surface area contributed by atoms with E-state index < -0.39 is 12.1 Å². The molecule has 0 aliphatic carbocycles. The fraction of sp³-hybridized carbons (Fsp3) is 0.417. The van der Waals surface area contributed by atoms with Gasteiger partial charge in [0.1, 0.15) is 0 Å². The van der Waals surface area contributed by atoms with E-state index in [1.54, 1.807) is 24.5 Å². The fourth-order valence-corrected chi connectivity index (χ4v) is 4.49. The van der Waals surface area contributed by atoms with E-state index in [-0.39, 0.29) is 29.8 Å². The molecular weight excluding hydrogens is 483 g/mol. The molecule has 2 aromatic rings. The highest BCUT2D eigenvalue weighted by Gasteiger charge is 2.45. The number of rotatable bonds is 4. The molecule has 3 aliphatic rings. The average molecular weight is 507 g/mol. The number of halogens is 3. The van der Waals surface area contributed by atoms with Crippen LogP contribution in [0.2, 0.25) is 0 Å². The number of carboxylic acids is 1. The lowest BCUT2D eigenvalue weighted by Gasteiger charge is -2.20. The van der Waals surface area contributed by atoms with Crippen LogP contribution in [0, 0.1) is 11.8 Å². The third kappa shape index (κ3) is 5.82. The number of amides is 2. The van der Waals surface area contributed by atoms with Gasteiger partial charge in [-0.25, -0.2) is 4.79 Å². The summed E-state index contributed by atoms with van der Waals surface area (Å²) in [5, 5.41) is 10.1. The molecule has 192 valence electrons. The van der Waals surface area contributed by atoms with E-state index in [2.05, 4.69) is 10.3 Å². The molecule has 36 heavy (non-hydrogen) atoms. The summed E-state index contributed by atoms with van der Waals surface area (Å²) in [5.74, 6) is -2.38. The van der Waals surface area contributed by atoms with Gasteiger partial charge < -0.3 is 24.8 Å². The number of nitrogens with zero attached hydrogens (tertiary/aromatic N) is 2. The largest absolute Gasteiger partial charge is 0.490 e. The van der Waals surface area contributed by atoms with Crippen LogP contribution >= 0.6 is 0 Å². The van der Waals surface area contributed by atoms with E-state index in [0.717, 1.165) is 11.1 Å². The summed E-state index contributed by atoms with van der Waals surface area (Å²) in [6.45, 7) is 3.62. The van der Waals surface area contributed by atoms with E-state index in [9.17, 15) is 22.8 Å². The Labute approximate surface area is 204 Å². The maximum Gasteiger partial charge on any atom is 0.490 e. The van der Waals surface area contributed by atoms with Crippen molar-refractivity contribution in [2.45, 2.75) is 25.5 Å². The summed E-state index contributed by atoms with van der Waals surface area (Å²) >= 11 is 0. The van der Waals surface area contributed by atoms with Crippen molar-refractivity contribution in [2.24, 2.45) is 11.8 Å². The van der Waals surface area contributed by atoms with Crippen LogP contribution in [-0.4, -0.2) is 71.3 Å². The van der Waals surface area contributed by atoms with Crippen LogP contribution < -0.4 is 5.32 Å². The highest BCUT2D eigenvalue weighted by atomic mass is 19.4. The second-order valence-corrected chi connectivity index (χ2v) is 8.73. The minimum atomic E-state index is -5.08. The number of fused-ring (bicyclic) bond motifs is 2. The molecule has 3 atom stereocenters. The predicted octanol–water partition coefficient (Wildman–Crippen LogP) is 2.26. The lowest BCUT2D eigenvalue weighted by Crippen LogP contribution is -2.35. The smallest absolute Gasteiger partial charge is 0.475 e. The molecule has 1 aromatic carbocycles. The zero-order chi connectivity index (χ0) is 25.9. The van der Waals surface area contributed by atoms with Gasteiger partial charge in [0.2, 0.25) is 0 Å². The standard InChI is InChI=1S/C22H23N3O4.C2HF3O2/c26-21(14-3-5-23-6-4-14)24-8-18-13-29-20-10-25(9-19(18)20)22(27)15-1-2-16-11-28-12-17(16)7-15;3-2(4,5)1(6)7/h1-7,18-20H,8-13H2,(H,24,26);(H,6,7)/t18-,19-,20-;/m1./s1. The van der Waals surface area contributed by atoms with Crippen molar-refractivity contribution in [2.75, 3.05) is 26.2 Å². The summed E-state index contributed by atoms with van der Waals surface area (Å²) in [4.78, 5) is 40.0. The highest BCUT2D eigenvalue weighted by molar-refractivity contribution is 5.95. The summed E-state index contributed by atoms with van der Waals surface area (Å²) in [6, 6.07) is 9.21. The normalized spacial score (nSPS) is 22.3. The van der Waals surface area contributed by atoms with Crippen molar-refractivity contribution in [3.8, 4) is 0 Å². The second-order valence-electron chi connectivity index (χ2n) is 8.73. The number of aliphatic carboxylic acids is 1. The summed E-state index contributed by atoms with van der Waals surface area (Å²) in [6.07, 6.45) is -1.83. The Morgan fingerprint density at radius 2 is 1.75 bits per heavy atom. The minimum absolute atomic E-state index is 0.0391. The molecule has 0 spiro atoms. The van der Waals surface area contributed by atoms with Gasteiger partial charge in [-0.05, 0) is 35.4 Å². The topological polar surface area (TPSA) is 118 Å². The van der Waals surface area contributed by atoms with Gasteiger partial charge >= 0.3 is 12.1 Å². The van der Waals surface area contributed by atoms with E-state index in [4.69, 9.17) is 19.4 Å². The molecule has 2 saturated heterocycles. The van der Waals surface area contributed by atoms with E-state index in [1.807, 2.05) is 23.1 Å². The number of carbonyl (C=O) groups excluding carboxylic acids is 2. The van der Waals surface area contributed by atoms with Crippen LogP contribution in [0.3, 0.4) is 0 Å². The van der Waals surface area contributed by atoms with Crippen LogP contribution in [0.25, 0.3) is 0 Å². The number of carbonyl (C=O) groups is 3. The predicted molar refractivity (Wildman–Crippen MR) is 118 cm³/mol. The van der Waals surface area contributed by atoms with E-state index in [1.165, 1.54) is 0 Å². The Hall–Kier alpha value is -3.51. The van der Waals surface area contributed by atoms with Gasteiger partial charge in [-0.15, -0.1) is 0 Å². The lowest BCUT2D eigenvalue weighted by atomic mass is 9.93. The van der Waals surface area contributed by atoms with Crippen LogP contribution in [-0.2, 0) is 27.5 Å². The van der Waals surface area contributed by atoms with Gasteiger partial charge in [0.05, 0.1) is 25.9 Å². The molecule has 0 unspecified atom stereocenters. The Bertz CT molecular complexity index is 1130. The van der Waals surface area contributed by atoms with Crippen molar-refractivity contribution in [3.05, 3.63) is 65.0 Å². The number of aromatic nitrogens is 1. The first-order valence-electron chi connectivity index (χ1n) is 11.2. The summed E-state index contributed by atoms with van der Waals surface area (Å²) in [5.41, 5.74) is 3.56. The number of hydrogen-bond acceptors (Lipinski definition) is 6. The van der Waals surface area contributed by atoms with Gasteiger partial charge in [0.15, 0.2) is 0 Å². The number of pyridine rings is 1. The van der Waals surface area contributed by atoms with E-state index in [0.29, 0.717) is 50.6 Å². The quantitative estimate of drug-likeness (QED) is 0.652. The molecule has 0 bridgehead atoms. The Morgan fingerprint density at radius 1 is 1.06 bits per heavy atom. The first kappa shape index (κ1) is 25.6. The summed E-state index contributed by atoms with van der Waals surface area (Å²) < 4.78 is 43.1. The van der Waals surface area contributed by atoms with Gasteiger partial charge in [-0.1, -0.05) is 6.07 Å². The molecule has 9 nitrogen and oxygen atoms in total. The minimum Gasteiger partial charge on any atom is -0.475 e. The molecule has 4 heterocycles. The second kappa shape index (κ2) is 10.6. The van der Waals surface area contributed by atoms with Crippen LogP contribution in [0.15, 0.2) is 42.7 Å². The van der Waals surface area contributed by atoms with Crippen molar-refractivity contribution >= 4 is 17.8 Å². The molecule has 0 radical (unpaired) electrons. The third-order valence-corrected chi connectivity index (χ3v) is 6.40. The van der Waals surface area contributed by atoms with Crippen molar-refractivity contribution in [1.82, 2.24) is 15.2 Å². The number of likely N-dealkylation sites (tertiary alicyclic amines) is 1. The highest BCUT2D eigenvalue weighted by Crippen LogP contribution is 2.34. The number of hydrogen-bond donors (Lipinski definition) is 2. The number of ether oxygens (including phenoxy) is 2. The number of carboxylic acid groups (broad SMARTS) is 1. The molecule has 2 N–H and O–H groups in total. The lowest BCUT2D eigenvalue weighted by molar-refractivity contribution is -0.192. The molecule has 2 fully saturated rings. The molecule has 12 heteroatoms. The average Bonchev–Trinajstić information content (AvgIpc) is 3.58. The molecule has 5 rings (SSSR count).